The van der Waals surface area contributed by atoms with Gasteiger partial charge in [-0.2, -0.15) is 0 Å². The number of carbonyl (C=O) groups excluding carboxylic acids is 1. The van der Waals surface area contributed by atoms with E-state index in [9.17, 15) is 4.79 Å². The number of hydrazine groups is 1. The topological polar surface area (TPSA) is 49.6 Å². The van der Waals surface area contributed by atoms with E-state index in [1.165, 1.54) is 11.9 Å². The molecule has 0 saturated carbocycles. The highest BCUT2D eigenvalue weighted by atomic mass is 79.9. The van der Waals surface area contributed by atoms with Crippen LogP contribution in [0.25, 0.3) is 11.1 Å². The summed E-state index contributed by atoms with van der Waals surface area (Å²) >= 11 is 3.64. The minimum Gasteiger partial charge on any atom is -0.342 e. The van der Waals surface area contributed by atoms with Crippen molar-refractivity contribution in [3.63, 3.8) is 0 Å². The molecule has 40 heavy (non-hydrogen) atoms. The molecule has 0 spiro atoms. The van der Waals surface area contributed by atoms with Crippen LogP contribution in [0.5, 0.6) is 0 Å². The number of alkyl halides is 1. The smallest absolute Gasteiger partial charge is 0.235 e. The van der Waals surface area contributed by atoms with Crippen molar-refractivity contribution < 1.29 is 4.79 Å². The second kappa shape index (κ2) is 17.3. The van der Waals surface area contributed by atoms with Crippen LogP contribution in [0.3, 0.4) is 0 Å². The van der Waals surface area contributed by atoms with Gasteiger partial charge in [-0.15, -0.1) is 0 Å². The molecular formula is C35H44BrN3O. The number of hydrogen-bond donors (Lipinski definition) is 1. The Labute approximate surface area is 249 Å². The zero-order chi connectivity index (χ0) is 29.5. The average Bonchev–Trinajstić information content (AvgIpc) is 3.01. The van der Waals surface area contributed by atoms with E-state index in [0.717, 1.165) is 50.8 Å². The number of hydrogen-bond acceptors (Lipinski definition) is 3. The lowest BCUT2D eigenvalue weighted by Crippen LogP contribution is -2.48. The van der Waals surface area contributed by atoms with Crippen LogP contribution in [0, 0.1) is 6.92 Å². The van der Waals surface area contributed by atoms with Gasteiger partial charge >= 0.3 is 0 Å². The van der Waals surface area contributed by atoms with Crippen molar-refractivity contribution >= 4 is 27.5 Å². The van der Waals surface area contributed by atoms with E-state index in [1.807, 2.05) is 76.2 Å². The Balaban J connectivity index is 0.00000134. The van der Waals surface area contributed by atoms with E-state index in [0.29, 0.717) is 6.54 Å². The first-order chi connectivity index (χ1) is 19.5. The van der Waals surface area contributed by atoms with Crippen molar-refractivity contribution in [1.29, 1.82) is 0 Å². The summed E-state index contributed by atoms with van der Waals surface area (Å²) in [5.41, 5.74) is 7.79. The number of carbonyl (C=O) groups is 1. The summed E-state index contributed by atoms with van der Waals surface area (Å²) in [6, 6.07) is 35.4. The van der Waals surface area contributed by atoms with E-state index in [2.05, 4.69) is 82.4 Å². The fourth-order valence-corrected chi connectivity index (χ4v) is 5.02. The highest BCUT2D eigenvalue weighted by Crippen LogP contribution is 2.36. The highest BCUT2D eigenvalue weighted by molar-refractivity contribution is 9.09. The van der Waals surface area contributed by atoms with Gasteiger partial charge in [0.25, 0.3) is 0 Å². The molecular weight excluding hydrogens is 558 g/mol. The standard InChI is InChI=1S/C31H32BrN3O.2C2H6/c1-23-11-9-10-16-30(23)34(22-25-12-5-3-6-13-25)31(35(33)24(2)36)29-18-17-27(21-28(29)19-20-32)26-14-7-4-8-15-26;2*1-2/h3-18,21,31H,19-20,22,33H2,1-2H3;2*1-2H3. The van der Waals surface area contributed by atoms with Gasteiger partial charge in [0.2, 0.25) is 5.91 Å². The number of nitrogens with zero attached hydrogens (tertiary/aromatic N) is 2. The SMILES string of the molecule is CC.CC.CC(=O)N(N)C(c1ccc(-c2ccccc2)cc1CCBr)N(Cc1ccccc1)c1ccccc1C. The minimum absolute atomic E-state index is 0.191. The molecule has 0 aliphatic rings. The zero-order valence-electron chi connectivity index (χ0n) is 24.8. The van der Waals surface area contributed by atoms with Crippen molar-refractivity contribution in [2.75, 3.05) is 10.2 Å². The Kier molecular flexibility index (Phi) is 14.2. The molecule has 0 bridgehead atoms. The molecule has 0 aliphatic heterocycles. The van der Waals surface area contributed by atoms with Crippen LogP contribution in [0.1, 0.15) is 63.0 Å². The van der Waals surface area contributed by atoms with E-state index in [4.69, 9.17) is 5.84 Å². The summed E-state index contributed by atoms with van der Waals surface area (Å²) in [4.78, 5) is 15.0. The lowest BCUT2D eigenvalue weighted by molar-refractivity contribution is -0.131. The van der Waals surface area contributed by atoms with Crippen molar-refractivity contribution in [3.05, 3.63) is 125 Å². The Morgan fingerprint density at radius 3 is 1.95 bits per heavy atom. The van der Waals surface area contributed by atoms with Gasteiger partial charge in [-0.05, 0) is 52.8 Å². The van der Waals surface area contributed by atoms with Crippen molar-refractivity contribution in [2.45, 2.75) is 60.7 Å². The average molecular weight is 603 g/mol. The maximum absolute atomic E-state index is 12.8. The zero-order valence-corrected chi connectivity index (χ0v) is 26.4. The predicted molar refractivity (Wildman–Crippen MR) is 175 cm³/mol. The molecule has 4 nitrogen and oxygen atoms in total. The second-order valence-corrected chi connectivity index (χ2v) is 9.71. The van der Waals surface area contributed by atoms with Crippen LogP contribution in [0.4, 0.5) is 5.69 Å². The fraction of sp³-hybridized carbons (Fsp3) is 0.286. The van der Waals surface area contributed by atoms with E-state index in [1.54, 1.807) is 0 Å². The van der Waals surface area contributed by atoms with Crippen molar-refractivity contribution in [1.82, 2.24) is 5.01 Å². The molecule has 0 heterocycles. The van der Waals surface area contributed by atoms with Crippen molar-refractivity contribution in [3.8, 4) is 11.1 Å². The van der Waals surface area contributed by atoms with Crippen LogP contribution in [-0.4, -0.2) is 16.2 Å². The van der Waals surface area contributed by atoms with Crippen LogP contribution < -0.4 is 10.7 Å². The quantitative estimate of drug-likeness (QED) is 0.0684. The second-order valence-electron chi connectivity index (χ2n) is 8.92. The molecule has 1 amide bonds. The number of benzene rings is 4. The van der Waals surface area contributed by atoms with Gasteiger partial charge in [0.15, 0.2) is 0 Å². The number of anilines is 1. The number of aryl methyl sites for hydroxylation is 2. The number of amides is 1. The van der Waals surface area contributed by atoms with Crippen molar-refractivity contribution in [2.24, 2.45) is 5.84 Å². The Bertz CT molecular complexity index is 1290. The summed E-state index contributed by atoms with van der Waals surface area (Å²) in [5.74, 6) is 6.39. The van der Waals surface area contributed by atoms with Gasteiger partial charge in [-0.25, -0.2) is 5.84 Å². The monoisotopic (exact) mass is 601 g/mol. The first kappa shape index (κ1) is 32.8. The summed E-state index contributed by atoms with van der Waals surface area (Å²) in [6.45, 7) is 12.2. The molecule has 0 fully saturated rings. The maximum Gasteiger partial charge on any atom is 0.235 e. The first-order valence-corrected chi connectivity index (χ1v) is 15.3. The Hall–Kier alpha value is -3.41. The molecule has 0 saturated heterocycles. The lowest BCUT2D eigenvalue weighted by atomic mass is 9.95. The molecule has 2 N–H and O–H groups in total. The first-order valence-electron chi connectivity index (χ1n) is 14.1. The normalized spacial score (nSPS) is 10.8. The van der Waals surface area contributed by atoms with Crippen LogP contribution >= 0.6 is 15.9 Å². The number of nitrogens with two attached hydrogens (primary N) is 1. The molecule has 4 rings (SSSR count). The summed E-state index contributed by atoms with van der Waals surface area (Å²) < 4.78 is 0. The van der Waals surface area contributed by atoms with Gasteiger partial charge in [-0.3, -0.25) is 9.80 Å². The number of rotatable bonds is 9. The van der Waals surface area contributed by atoms with Gasteiger partial charge in [0.1, 0.15) is 6.17 Å². The molecule has 212 valence electrons. The summed E-state index contributed by atoms with van der Waals surface area (Å²) in [6.07, 6.45) is 0.327. The van der Waals surface area contributed by atoms with Gasteiger partial charge < -0.3 is 4.90 Å². The van der Waals surface area contributed by atoms with Crippen LogP contribution in [0.15, 0.2) is 103 Å². The largest absolute Gasteiger partial charge is 0.342 e. The lowest BCUT2D eigenvalue weighted by Gasteiger charge is -2.40. The predicted octanol–water partition coefficient (Wildman–Crippen LogP) is 9.08. The van der Waals surface area contributed by atoms with E-state index in [-0.39, 0.29) is 5.91 Å². The highest BCUT2D eigenvalue weighted by Gasteiger charge is 2.30. The third-order valence-corrected chi connectivity index (χ3v) is 6.83. The molecule has 1 unspecified atom stereocenters. The van der Waals surface area contributed by atoms with E-state index < -0.39 is 6.17 Å². The van der Waals surface area contributed by atoms with Gasteiger partial charge in [0.05, 0.1) is 0 Å². The Morgan fingerprint density at radius 1 is 0.800 bits per heavy atom. The third kappa shape index (κ3) is 8.54. The van der Waals surface area contributed by atoms with Crippen LogP contribution in [0.2, 0.25) is 0 Å². The summed E-state index contributed by atoms with van der Waals surface area (Å²) in [7, 11) is 0. The van der Waals surface area contributed by atoms with Gasteiger partial charge in [-0.1, -0.05) is 141 Å². The molecule has 0 aromatic heterocycles. The fourth-order valence-electron chi connectivity index (χ4n) is 4.60. The molecule has 1 atom stereocenters. The van der Waals surface area contributed by atoms with E-state index >= 15 is 0 Å². The molecule has 0 radical (unpaired) electrons. The third-order valence-electron chi connectivity index (χ3n) is 6.44. The molecule has 4 aromatic carbocycles. The Morgan fingerprint density at radius 2 is 1.38 bits per heavy atom. The number of para-hydroxylation sites is 1. The number of halogens is 1. The minimum atomic E-state index is -0.484. The molecule has 5 heteroatoms. The molecule has 4 aromatic rings. The maximum atomic E-state index is 12.8. The van der Waals surface area contributed by atoms with Crippen LogP contribution in [-0.2, 0) is 17.8 Å². The summed E-state index contributed by atoms with van der Waals surface area (Å²) in [5, 5.41) is 2.17. The molecule has 0 aliphatic carbocycles. The van der Waals surface area contributed by atoms with Gasteiger partial charge in [0, 0.05) is 24.5 Å².